The Bertz CT molecular complexity index is 479. The smallest absolute Gasteiger partial charge is 0.295 e. The van der Waals surface area contributed by atoms with Crippen molar-refractivity contribution in [3.8, 4) is 5.19 Å². The number of nitrogens with zero attached hydrogens (tertiary/aromatic N) is 2. The highest BCUT2D eigenvalue weighted by Crippen LogP contribution is 2.39. The normalized spacial score (nSPS) is 23.5. The highest BCUT2D eigenvalue weighted by atomic mass is 32.1. The minimum Gasteiger partial charge on any atom is -0.469 e. The van der Waals surface area contributed by atoms with E-state index in [9.17, 15) is 0 Å². The molecule has 126 valence electrons. The molecule has 0 aromatic carbocycles. The van der Waals surface area contributed by atoms with E-state index in [1.807, 2.05) is 0 Å². The van der Waals surface area contributed by atoms with Crippen LogP contribution in [0.1, 0.15) is 46.5 Å². The fraction of sp³-hybridized carbons (Fsp3) is 0.867. The Labute approximate surface area is 138 Å². The number of ether oxygens (including phenoxy) is 1. The summed E-state index contributed by atoms with van der Waals surface area (Å²) in [7, 11) is -1.64. The molecule has 0 spiro atoms. The minimum absolute atomic E-state index is 0.282. The van der Waals surface area contributed by atoms with Crippen LogP contribution in [0.3, 0.4) is 0 Å². The zero-order valence-corrected chi connectivity index (χ0v) is 16.2. The Balaban J connectivity index is 1.74. The van der Waals surface area contributed by atoms with Gasteiger partial charge >= 0.3 is 0 Å². The van der Waals surface area contributed by atoms with Crippen molar-refractivity contribution in [1.29, 1.82) is 0 Å². The Morgan fingerprint density at radius 2 is 1.82 bits per heavy atom. The molecule has 0 radical (unpaired) electrons. The maximum absolute atomic E-state index is 6.52. The topological polar surface area (TPSA) is 70.3 Å². The molecule has 5 nitrogen and oxygen atoms in total. The lowest BCUT2D eigenvalue weighted by atomic mass is 9.88. The maximum Gasteiger partial charge on any atom is 0.295 e. The summed E-state index contributed by atoms with van der Waals surface area (Å²) in [6, 6.07) is 0. The van der Waals surface area contributed by atoms with Gasteiger partial charge in [-0.3, -0.25) is 0 Å². The maximum atomic E-state index is 6.52. The summed E-state index contributed by atoms with van der Waals surface area (Å²) in [6.45, 7) is 12.3. The molecule has 22 heavy (non-hydrogen) atoms. The van der Waals surface area contributed by atoms with Gasteiger partial charge in [0.1, 0.15) is 0 Å². The summed E-state index contributed by atoms with van der Waals surface area (Å²) < 4.78 is 12.2. The summed E-state index contributed by atoms with van der Waals surface area (Å²) in [5.74, 6) is 0.587. The number of hydrogen-bond donors (Lipinski definition) is 1. The molecule has 2 N–H and O–H groups in total. The molecular weight excluding hydrogens is 314 g/mol. The molecule has 1 fully saturated rings. The first-order valence-electron chi connectivity index (χ1n) is 8.07. The van der Waals surface area contributed by atoms with Crippen molar-refractivity contribution in [2.24, 2.45) is 5.92 Å². The van der Waals surface area contributed by atoms with Gasteiger partial charge in [-0.15, -0.1) is 5.10 Å². The van der Waals surface area contributed by atoms with Crippen LogP contribution in [-0.2, 0) is 4.43 Å². The molecule has 2 rings (SSSR count). The second-order valence-electron chi connectivity index (χ2n) is 7.74. The number of nitrogens with two attached hydrogens (primary N) is 1. The van der Waals surface area contributed by atoms with Crippen molar-refractivity contribution in [2.45, 2.75) is 70.7 Å². The van der Waals surface area contributed by atoms with Crippen LogP contribution >= 0.6 is 11.3 Å². The number of aromatic nitrogens is 2. The quantitative estimate of drug-likeness (QED) is 0.816. The van der Waals surface area contributed by atoms with Crippen LogP contribution in [0, 0.1) is 5.92 Å². The van der Waals surface area contributed by atoms with Gasteiger partial charge in [0, 0.05) is 6.10 Å². The van der Waals surface area contributed by atoms with Crippen LogP contribution in [-0.4, -0.2) is 31.2 Å². The number of anilines is 1. The van der Waals surface area contributed by atoms with Crippen molar-refractivity contribution < 1.29 is 9.16 Å². The van der Waals surface area contributed by atoms with E-state index in [1.54, 1.807) is 0 Å². The lowest BCUT2D eigenvalue weighted by Gasteiger charge is -2.41. The summed E-state index contributed by atoms with van der Waals surface area (Å²) >= 11 is 1.30. The van der Waals surface area contributed by atoms with Crippen molar-refractivity contribution in [1.82, 2.24) is 10.2 Å². The van der Waals surface area contributed by atoms with Crippen LogP contribution in [0.2, 0.25) is 18.1 Å². The number of nitrogen functional groups attached to an aromatic ring is 1. The van der Waals surface area contributed by atoms with E-state index >= 15 is 0 Å². The zero-order valence-electron chi connectivity index (χ0n) is 14.4. The van der Waals surface area contributed by atoms with Crippen LogP contribution in [0.15, 0.2) is 0 Å². The lowest BCUT2D eigenvalue weighted by molar-refractivity contribution is 0.0984. The van der Waals surface area contributed by atoms with Crippen LogP contribution < -0.4 is 10.5 Å². The Kier molecular flexibility index (Phi) is 5.50. The second-order valence-corrected chi connectivity index (χ2v) is 13.5. The largest absolute Gasteiger partial charge is 0.469 e. The van der Waals surface area contributed by atoms with E-state index in [-0.39, 0.29) is 5.04 Å². The van der Waals surface area contributed by atoms with Gasteiger partial charge in [0.2, 0.25) is 5.13 Å². The molecule has 1 saturated carbocycles. The van der Waals surface area contributed by atoms with Crippen molar-refractivity contribution in [3.63, 3.8) is 0 Å². The van der Waals surface area contributed by atoms with Crippen LogP contribution in [0.4, 0.5) is 5.13 Å². The monoisotopic (exact) mass is 343 g/mol. The zero-order chi connectivity index (χ0) is 16.4. The van der Waals surface area contributed by atoms with Gasteiger partial charge in [-0.25, -0.2) is 0 Å². The van der Waals surface area contributed by atoms with Crippen molar-refractivity contribution in [2.75, 3.05) is 12.3 Å². The third kappa shape index (κ3) is 4.66. The molecule has 1 heterocycles. The van der Waals surface area contributed by atoms with E-state index in [0.717, 1.165) is 25.7 Å². The van der Waals surface area contributed by atoms with Crippen molar-refractivity contribution in [3.05, 3.63) is 0 Å². The molecule has 0 amide bonds. The van der Waals surface area contributed by atoms with Crippen LogP contribution in [0.25, 0.3) is 0 Å². The van der Waals surface area contributed by atoms with Gasteiger partial charge in [0.15, 0.2) is 8.32 Å². The van der Waals surface area contributed by atoms with Gasteiger partial charge in [-0.05, 0) is 61.1 Å². The van der Waals surface area contributed by atoms with Crippen molar-refractivity contribution >= 4 is 24.8 Å². The van der Waals surface area contributed by atoms with E-state index in [1.165, 1.54) is 11.3 Å². The molecule has 7 heteroatoms. The average molecular weight is 344 g/mol. The third-order valence-corrected chi connectivity index (χ3v) is 10.1. The lowest BCUT2D eigenvalue weighted by Crippen LogP contribution is -2.44. The molecule has 0 saturated heterocycles. The van der Waals surface area contributed by atoms with Gasteiger partial charge in [-0.1, -0.05) is 25.9 Å². The average Bonchev–Trinajstić information content (AvgIpc) is 2.82. The Hall–Kier alpha value is -0.663. The standard InChI is InChI=1S/C15H29N3O2SSi/c1-15(2,3)22(4,5)20-12-8-6-11(7-9-12)10-19-14-18-17-13(16)21-14/h11-12H,6-10H2,1-5H3,(H2,16,17)/t11-,12-. The van der Waals surface area contributed by atoms with E-state index in [0.29, 0.717) is 29.0 Å². The number of hydrogen-bond acceptors (Lipinski definition) is 6. The van der Waals surface area contributed by atoms with E-state index < -0.39 is 8.32 Å². The third-order valence-electron chi connectivity index (χ3n) is 4.93. The fourth-order valence-electron chi connectivity index (χ4n) is 2.48. The van der Waals surface area contributed by atoms with Gasteiger partial charge in [-0.2, -0.15) is 0 Å². The molecular formula is C15H29N3O2SSi. The predicted molar refractivity (Wildman–Crippen MR) is 93.8 cm³/mol. The highest BCUT2D eigenvalue weighted by molar-refractivity contribution is 7.16. The summed E-state index contributed by atoms with van der Waals surface area (Å²) in [5, 5.41) is 8.98. The fourth-order valence-corrected chi connectivity index (χ4v) is 4.37. The molecule has 0 aliphatic heterocycles. The Morgan fingerprint density at radius 3 is 2.32 bits per heavy atom. The van der Waals surface area contributed by atoms with Crippen LogP contribution in [0.5, 0.6) is 5.19 Å². The second kappa shape index (κ2) is 6.84. The molecule has 1 aromatic heterocycles. The first-order valence-corrected chi connectivity index (χ1v) is 11.8. The van der Waals surface area contributed by atoms with Gasteiger partial charge in [0.05, 0.1) is 6.61 Å². The first-order chi connectivity index (χ1) is 10.2. The van der Waals surface area contributed by atoms with Gasteiger partial charge in [0.25, 0.3) is 5.19 Å². The Morgan fingerprint density at radius 1 is 1.18 bits per heavy atom. The van der Waals surface area contributed by atoms with E-state index in [4.69, 9.17) is 14.9 Å². The number of rotatable bonds is 5. The minimum atomic E-state index is -1.64. The summed E-state index contributed by atoms with van der Waals surface area (Å²) in [6.07, 6.45) is 5.02. The SMILES string of the molecule is CC(C)(C)[Si](C)(C)O[C@H]1CC[C@H](COc2nnc(N)s2)CC1. The predicted octanol–water partition coefficient (Wildman–Crippen LogP) is 4.08. The molecule has 0 bridgehead atoms. The summed E-state index contributed by atoms with van der Waals surface area (Å²) in [5.41, 5.74) is 5.55. The molecule has 0 atom stereocenters. The molecule has 0 unspecified atom stereocenters. The first kappa shape index (κ1) is 17.7. The van der Waals surface area contributed by atoms with E-state index in [2.05, 4.69) is 44.1 Å². The summed E-state index contributed by atoms with van der Waals surface area (Å²) in [4.78, 5) is 0. The molecule has 1 aliphatic rings. The molecule has 1 aliphatic carbocycles. The highest BCUT2D eigenvalue weighted by Gasteiger charge is 2.39. The molecule has 1 aromatic rings. The van der Waals surface area contributed by atoms with Gasteiger partial charge < -0.3 is 14.9 Å².